The van der Waals surface area contributed by atoms with Crippen molar-refractivity contribution in [2.75, 3.05) is 5.32 Å². The highest BCUT2D eigenvalue weighted by Gasteiger charge is 2.01. The highest BCUT2D eigenvalue weighted by molar-refractivity contribution is 9.10. The Hall–Kier alpha value is -1.31. The maximum absolute atomic E-state index is 8.75. The number of hydrogen-bond acceptors (Lipinski definition) is 3. The number of nitriles is 1. The van der Waals surface area contributed by atoms with Gasteiger partial charge in [0.1, 0.15) is 10.9 Å². The molecule has 17 heavy (non-hydrogen) atoms. The molecule has 1 N–H and O–H groups in total. The summed E-state index contributed by atoms with van der Waals surface area (Å²) in [5, 5.41) is 12.1. The standard InChI is InChI=1S/C13H11BrN2S/c1-9-6-10(14)2-5-13(9)16-8-12-4-3-11(7-15)17-12/h2-6,16H,8H2,1H3. The monoisotopic (exact) mass is 306 g/mol. The van der Waals surface area contributed by atoms with E-state index in [2.05, 4.69) is 46.4 Å². The number of halogens is 1. The molecule has 0 aliphatic carbocycles. The molecule has 0 fully saturated rings. The van der Waals surface area contributed by atoms with Crippen LogP contribution < -0.4 is 5.32 Å². The van der Waals surface area contributed by atoms with Crippen LogP contribution in [0.3, 0.4) is 0 Å². The van der Waals surface area contributed by atoms with Crippen molar-refractivity contribution in [3.05, 3.63) is 50.1 Å². The molecule has 0 unspecified atom stereocenters. The Morgan fingerprint density at radius 2 is 2.18 bits per heavy atom. The van der Waals surface area contributed by atoms with E-state index in [0.29, 0.717) is 0 Å². The van der Waals surface area contributed by atoms with E-state index >= 15 is 0 Å². The first-order valence-electron chi connectivity index (χ1n) is 5.18. The van der Waals surface area contributed by atoms with E-state index in [1.807, 2.05) is 18.2 Å². The lowest BCUT2D eigenvalue weighted by Gasteiger charge is -2.08. The molecule has 2 aromatic rings. The quantitative estimate of drug-likeness (QED) is 0.917. The van der Waals surface area contributed by atoms with Crippen LogP contribution in [0.25, 0.3) is 0 Å². The zero-order chi connectivity index (χ0) is 12.3. The molecule has 2 rings (SSSR count). The minimum absolute atomic E-state index is 0.759. The van der Waals surface area contributed by atoms with Crippen molar-refractivity contribution in [3.8, 4) is 6.07 Å². The van der Waals surface area contributed by atoms with Crippen molar-refractivity contribution >= 4 is 33.0 Å². The molecule has 0 spiro atoms. The van der Waals surface area contributed by atoms with Crippen LogP contribution in [0.5, 0.6) is 0 Å². The Labute approximate surface area is 113 Å². The van der Waals surface area contributed by atoms with Crippen LogP contribution in [0.1, 0.15) is 15.3 Å². The van der Waals surface area contributed by atoms with E-state index in [1.165, 1.54) is 21.8 Å². The molecule has 0 aliphatic heterocycles. The van der Waals surface area contributed by atoms with E-state index in [4.69, 9.17) is 5.26 Å². The van der Waals surface area contributed by atoms with Gasteiger partial charge < -0.3 is 5.32 Å². The summed E-state index contributed by atoms with van der Waals surface area (Å²) in [6.07, 6.45) is 0. The van der Waals surface area contributed by atoms with Crippen LogP contribution in [-0.4, -0.2) is 0 Å². The van der Waals surface area contributed by atoms with Gasteiger partial charge in [-0.05, 0) is 42.8 Å². The largest absolute Gasteiger partial charge is 0.380 e. The molecule has 0 aliphatic rings. The van der Waals surface area contributed by atoms with Crippen LogP contribution >= 0.6 is 27.3 Å². The van der Waals surface area contributed by atoms with Gasteiger partial charge in [0, 0.05) is 21.6 Å². The maximum atomic E-state index is 8.75. The van der Waals surface area contributed by atoms with Gasteiger partial charge in [-0.1, -0.05) is 15.9 Å². The topological polar surface area (TPSA) is 35.8 Å². The minimum Gasteiger partial charge on any atom is -0.380 e. The first-order chi connectivity index (χ1) is 8.19. The second-order valence-corrected chi connectivity index (χ2v) is 5.77. The van der Waals surface area contributed by atoms with E-state index in [1.54, 1.807) is 0 Å². The van der Waals surface area contributed by atoms with Gasteiger partial charge in [-0.25, -0.2) is 0 Å². The summed E-state index contributed by atoms with van der Waals surface area (Å²) in [5.41, 5.74) is 2.33. The summed E-state index contributed by atoms with van der Waals surface area (Å²) < 4.78 is 1.09. The van der Waals surface area contributed by atoms with Gasteiger partial charge in [0.05, 0.1) is 0 Å². The second-order valence-electron chi connectivity index (χ2n) is 3.69. The SMILES string of the molecule is Cc1cc(Br)ccc1NCc1ccc(C#N)s1. The smallest absolute Gasteiger partial charge is 0.110 e. The number of hydrogen-bond donors (Lipinski definition) is 1. The van der Waals surface area contributed by atoms with Gasteiger partial charge in [0.25, 0.3) is 0 Å². The van der Waals surface area contributed by atoms with Crippen molar-refractivity contribution in [1.82, 2.24) is 0 Å². The number of nitrogens with one attached hydrogen (secondary N) is 1. The van der Waals surface area contributed by atoms with E-state index in [9.17, 15) is 0 Å². The Balaban J connectivity index is 2.05. The number of rotatable bonds is 3. The van der Waals surface area contributed by atoms with E-state index in [0.717, 1.165) is 21.6 Å². The van der Waals surface area contributed by atoms with Crippen molar-refractivity contribution in [2.24, 2.45) is 0 Å². The molecule has 1 aromatic heterocycles. The molecule has 1 aromatic carbocycles. The van der Waals surface area contributed by atoms with Crippen LogP contribution in [0.15, 0.2) is 34.8 Å². The van der Waals surface area contributed by atoms with Crippen molar-refractivity contribution in [3.63, 3.8) is 0 Å². The Morgan fingerprint density at radius 1 is 1.35 bits per heavy atom. The third kappa shape index (κ3) is 3.09. The van der Waals surface area contributed by atoms with Gasteiger partial charge >= 0.3 is 0 Å². The fourth-order valence-corrected chi connectivity index (χ4v) is 2.76. The molecule has 0 bridgehead atoms. The normalized spacial score (nSPS) is 9.94. The minimum atomic E-state index is 0.759. The average molecular weight is 307 g/mol. The molecule has 86 valence electrons. The third-order valence-corrected chi connectivity index (χ3v) is 3.90. The molecular weight excluding hydrogens is 296 g/mol. The first-order valence-corrected chi connectivity index (χ1v) is 6.79. The first kappa shape index (κ1) is 12.2. The second kappa shape index (κ2) is 5.35. The Morgan fingerprint density at radius 3 is 2.82 bits per heavy atom. The van der Waals surface area contributed by atoms with Crippen LogP contribution in [0, 0.1) is 18.3 Å². The Kier molecular flexibility index (Phi) is 3.82. The van der Waals surface area contributed by atoms with Gasteiger partial charge in [0.2, 0.25) is 0 Å². The molecular formula is C13H11BrN2S. The van der Waals surface area contributed by atoms with Crippen LogP contribution in [-0.2, 0) is 6.54 Å². The highest BCUT2D eigenvalue weighted by Crippen LogP contribution is 2.22. The number of anilines is 1. The molecule has 0 radical (unpaired) electrons. The van der Waals surface area contributed by atoms with E-state index < -0.39 is 0 Å². The van der Waals surface area contributed by atoms with Gasteiger partial charge in [-0.15, -0.1) is 11.3 Å². The number of aryl methyl sites for hydroxylation is 1. The summed E-state index contributed by atoms with van der Waals surface area (Å²) >= 11 is 4.97. The molecule has 0 amide bonds. The fourth-order valence-electron chi connectivity index (χ4n) is 1.54. The summed E-state index contributed by atoms with van der Waals surface area (Å²) in [6, 6.07) is 12.1. The van der Waals surface area contributed by atoms with E-state index in [-0.39, 0.29) is 0 Å². The maximum Gasteiger partial charge on any atom is 0.110 e. The number of thiophene rings is 1. The summed E-state index contributed by atoms with van der Waals surface area (Å²) in [4.78, 5) is 1.93. The van der Waals surface area contributed by atoms with Gasteiger partial charge in [-0.2, -0.15) is 5.26 Å². The lowest BCUT2D eigenvalue weighted by molar-refractivity contribution is 1.18. The third-order valence-electron chi connectivity index (χ3n) is 2.41. The van der Waals surface area contributed by atoms with Crippen molar-refractivity contribution < 1.29 is 0 Å². The number of benzene rings is 1. The lowest BCUT2D eigenvalue weighted by atomic mass is 10.2. The summed E-state index contributed by atoms with van der Waals surface area (Å²) in [6.45, 7) is 2.83. The van der Waals surface area contributed by atoms with Gasteiger partial charge in [0.15, 0.2) is 0 Å². The summed E-state index contributed by atoms with van der Waals surface area (Å²) in [7, 11) is 0. The molecule has 2 nitrogen and oxygen atoms in total. The lowest BCUT2D eigenvalue weighted by Crippen LogP contribution is -1.98. The van der Waals surface area contributed by atoms with Crippen molar-refractivity contribution in [1.29, 1.82) is 5.26 Å². The van der Waals surface area contributed by atoms with Gasteiger partial charge in [-0.3, -0.25) is 0 Å². The zero-order valence-electron chi connectivity index (χ0n) is 9.33. The molecule has 0 atom stereocenters. The molecule has 4 heteroatoms. The molecule has 1 heterocycles. The highest BCUT2D eigenvalue weighted by atomic mass is 79.9. The molecule has 0 saturated carbocycles. The van der Waals surface area contributed by atoms with Crippen molar-refractivity contribution in [2.45, 2.75) is 13.5 Å². The molecule has 0 saturated heterocycles. The zero-order valence-corrected chi connectivity index (χ0v) is 11.7. The predicted octanol–water partition coefficient (Wildman–Crippen LogP) is 4.30. The number of nitrogens with zero attached hydrogens (tertiary/aromatic N) is 1. The fraction of sp³-hybridized carbons (Fsp3) is 0.154. The van der Waals surface area contributed by atoms with Crippen LogP contribution in [0.4, 0.5) is 5.69 Å². The predicted molar refractivity (Wildman–Crippen MR) is 75.2 cm³/mol. The Bertz CT molecular complexity index is 569. The average Bonchev–Trinajstić information content (AvgIpc) is 2.76. The summed E-state index contributed by atoms with van der Waals surface area (Å²) in [5.74, 6) is 0. The van der Waals surface area contributed by atoms with Crippen LogP contribution in [0.2, 0.25) is 0 Å².